The molecule has 27 heavy (non-hydrogen) atoms. The minimum atomic E-state index is -0.105. The van der Waals surface area contributed by atoms with Crippen molar-refractivity contribution in [3.8, 4) is 0 Å². The van der Waals surface area contributed by atoms with Crippen LogP contribution in [-0.4, -0.2) is 27.3 Å². The van der Waals surface area contributed by atoms with Gasteiger partial charge in [-0.3, -0.25) is 0 Å². The molecule has 1 nitrogen and oxygen atoms in total. The molecule has 150 valence electrons. The van der Waals surface area contributed by atoms with Crippen LogP contribution in [0, 0.1) is 34.5 Å². The van der Waals surface area contributed by atoms with Gasteiger partial charge in [0.1, 0.15) is 0 Å². The Kier molecular flexibility index (Phi) is 5.05. The van der Waals surface area contributed by atoms with Gasteiger partial charge in [0.15, 0.2) is 0 Å². The van der Waals surface area contributed by atoms with E-state index in [9.17, 15) is 5.11 Å². The van der Waals surface area contributed by atoms with Crippen LogP contribution in [-0.2, 0) is 0 Å². The van der Waals surface area contributed by atoms with Crippen molar-refractivity contribution in [2.24, 2.45) is 34.5 Å². The first-order valence-corrected chi connectivity index (χ1v) is 13.4. The molecule has 3 heteroatoms. The lowest BCUT2D eigenvalue weighted by molar-refractivity contribution is -0.0500. The van der Waals surface area contributed by atoms with Crippen LogP contribution >= 0.6 is 23.5 Å². The molecule has 0 aromatic rings. The topological polar surface area (TPSA) is 20.2 Å². The lowest BCUT2D eigenvalue weighted by atomic mass is 9.48. The summed E-state index contributed by atoms with van der Waals surface area (Å²) in [4.78, 5) is 0. The molecule has 0 bridgehead atoms. The fraction of sp³-hybridized carbons (Fsp3) is 0.833. The van der Waals surface area contributed by atoms with Crippen LogP contribution in [0.1, 0.15) is 65.2 Å². The first-order chi connectivity index (χ1) is 13.0. The second-order valence-electron chi connectivity index (χ2n) is 10.2. The molecule has 5 rings (SSSR count). The highest BCUT2D eigenvalue weighted by molar-refractivity contribution is 8.17. The molecular formula is C24H36OS2. The maximum Gasteiger partial charge on any atom is 0.0783 e. The molecule has 0 aromatic heterocycles. The quantitative estimate of drug-likeness (QED) is 0.546. The summed E-state index contributed by atoms with van der Waals surface area (Å²) in [5.74, 6) is 5.49. The average molecular weight is 405 g/mol. The third-order valence-electron chi connectivity index (χ3n) is 9.20. The molecule has 0 spiro atoms. The van der Waals surface area contributed by atoms with Gasteiger partial charge in [-0.2, -0.15) is 0 Å². The highest BCUT2D eigenvalue weighted by atomic mass is 32.2. The molecule has 1 aliphatic heterocycles. The molecule has 3 fully saturated rings. The summed E-state index contributed by atoms with van der Waals surface area (Å²) >= 11 is 4.06. The Morgan fingerprint density at radius 3 is 2.74 bits per heavy atom. The van der Waals surface area contributed by atoms with Crippen molar-refractivity contribution in [2.45, 2.75) is 75.9 Å². The van der Waals surface area contributed by atoms with E-state index in [-0.39, 0.29) is 6.10 Å². The molecule has 0 amide bonds. The monoisotopic (exact) mass is 404 g/mol. The largest absolute Gasteiger partial charge is 0.391 e. The number of fused-ring (bicyclic) bond motifs is 5. The Hall–Kier alpha value is 0.140. The number of thioether (sulfide) groups is 2. The second kappa shape index (κ2) is 7.13. The van der Waals surface area contributed by atoms with Gasteiger partial charge in [-0.1, -0.05) is 37.6 Å². The smallest absolute Gasteiger partial charge is 0.0783 e. The van der Waals surface area contributed by atoms with Crippen molar-refractivity contribution in [1.82, 2.24) is 0 Å². The number of rotatable bonds is 2. The number of allylic oxidation sites excluding steroid dienone is 4. The maximum absolute atomic E-state index is 11.3. The highest BCUT2D eigenvalue weighted by Crippen LogP contribution is 2.66. The standard InChI is InChI=1S/C24H36OS2/c1-23-12-4-3-6-16(23)7-8-17-18-9-10-20(24(18,2)13-11-19(17)23)21(25)22-26-14-5-15-27-22/h4,7,12,17-22,25H,3,5-6,8-11,13-15H2,1-2H3. The zero-order valence-corrected chi connectivity index (χ0v) is 18.7. The lowest BCUT2D eigenvalue weighted by Gasteiger charge is -2.57. The van der Waals surface area contributed by atoms with Crippen LogP contribution in [0.25, 0.3) is 0 Å². The maximum atomic E-state index is 11.3. The van der Waals surface area contributed by atoms with Gasteiger partial charge in [-0.15, -0.1) is 23.5 Å². The molecule has 0 aromatic carbocycles. The lowest BCUT2D eigenvalue weighted by Crippen LogP contribution is -2.50. The Morgan fingerprint density at radius 2 is 1.93 bits per heavy atom. The molecule has 2 saturated carbocycles. The minimum absolute atomic E-state index is 0.105. The van der Waals surface area contributed by atoms with Crippen molar-refractivity contribution in [2.75, 3.05) is 11.5 Å². The fourth-order valence-electron chi connectivity index (χ4n) is 7.76. The first-order valence-electron chi connectivity index (χ1n) is 11.3. The zero-order chi connectivity index (χ0) is 18.6. The zero-order valence-electron chi connectivity index (χ0n) is 17.0. The molecule has 1 N–H and O–H groups in total. The summed E-state index contributed by atoms with van der Waals surface area (Å²) in [5, 5.41) is 11.3. The highest BCUT2D eigenvalue weighted by Gasteiger charge is 2.59. The van der Waals surface area contributed by atoms with Gasteiger partial charge >= 0.3 is 0 Å². The average Bonchev–Trinajstić information content (AvgIpc) is 3.05. The van der Waals surface area contributed by atoms with E-state index >= 15 is 0 Å². The van der Waals surface area contributed by atoms with Gasteiger partial charge in [0.05, 0.1) is 10.7 Å². The molecule has 7 atom stereocenters. The van der Waals surface area contributed by atoms with Crippen LogP contribution < -0.4 is 0 Å². The summed E-state index contributed by atoms with van der Waals surface area (Å²) in [6.07, 6.45) is 18.0. The van der Waals surface area contributed by atoms with Crippen molar-refractivity contribution < 1.29 is 5.11 Å². The number of aliphatic hydroxyl groups excluding tert-OH is 1. The number of hydrogen-bond donors (Lipinski definition) is 1. The van der Waals surface area contributed by atoms with Gasteiger partial charge in [-0.25, -0.2) is 0 Å². The van der Waals surface area contributed by atoms with E-state index < -0.39 is 0 Å². The molecule has 7 unspecified atom stereocenters. The second-order valence-corrected chi connectivity index (χ2v) is 13.0. The van der Waals surface area contributed by atoms with Crippen LogP contribution in [0.4, 0.5) is 0 Å². The molecule has 1 heterocycles. The molecule has 4 aliphatic carbocycles. The molecule has 0 radical (unpaired) electrons. The van der Waals surface area contributed by atoms with Crippen molar-refractivity contribution in [3.05, 3.63) is 23.8 Å². The van der Waals surface area contributed by atoms with Crippen molar-refractivity contribution in [1.29, 1.82) is 0 Å². The Balaban J connectivity index is 1.40. The Morgan fingerprint density at radius 1 is 1.11 bits per heavy atom. The summed E-state index contributed by atoms with van der Waals surface area (Å²) in [5.41, 5.74) is 2.42. The number of hydrogen-bond acceptors (Lipinski definition) is 3. The van der Waals surface area contributed by atoms with E-state index in [2.05, 4.69) is 32.1 Å². The third-order valence-corrected chi connectivity index (χ3v) is 12.3. The van der Waals surface area contributed by atoms with Crippen LogP contribution in [0.15, 0.2) is 23.8 Å². The summed E-state index contributed by atoms with van der Waals surface area (Å²) in [6, 6.07) is 0. The van der Waals surface area contributed by atoms with Gasteiger partial charge in [0.2, 0.25) is 0 Å². The van der Waals surface area contributed by atoms with E-state index in [1.807, 2.05) is 23.5 Å². The summed E-state index contributed by atoms with van der Waals surface area (Å²) in [7, 11) is 0. The third kappa shape index (κ3) is 2.93. The van der Waals surface area contributed by atoms with Crippen molar-refractivity contribution >= 4 is 23.5 Å². The molecule has 5 aliphatic rings. The van der Waals surface area contributed by atoms with E-state index in [0.29, 0.717) is 21.3 Å². The Bertz CT molecular complexity index is 636. The van der Waals surface area contributed by atoms with Crippen LogP contribution in [0.2, 0.25) is 0 Å². The molecular weight excluding hydrogens is 368 g/mol. The predicted molar refractivity (Wildman–Crippen MR) is 119 cm³/mol. The van der Waals surface area contributed by atoms with Gasteiger partial charge in [0.25, 0.3) is 0 Å². The van der Waals surface area contributed by atoms with Crippen LogP contribution in [0.5, 0.6) is 0 Å². The first kappa shape index (κ1) is 19.1. The van der Waals surface area contributed by atoms with Gasteiger partial charge in [0, 0.05) is 5.41 Å². The van der Waals surface area contributed by atoms with Gasteiger partial charge in [-0.05, 0) is 92.0 Å². The van der Waals surface area contributed by atoms with E-state index in [1.165, 1.54) is 62.9 Å². The Labute approximate surface area is 174 Å². The summed E-state index contributed by atoms with van der Waals surface area (Å²) < 4.78 is 0.425. The predicted octanol–water partition coefficient (Wildman–Crippen LogP) is 6.29. The number of aliphatic hydroxyl groups is 1. The van der Waals surface area contributed by atoms with Crippen LogP contribution in [0.3, 0.4) is 0 Å². The summed E-state index contributed by atoms with van der Waals surface area (Å²) in [6.45, 7) is 5.09. The van der Waals surface area contributed by atoms with Crippen molar-refractivity contribution in [3.63, 3.8) is 0 Å². The van der Waals surface area contributed by atoms with E-state index in [0.717, 1.165) is 17.8 Å². The van der Waals surface area contributed by atoms with E-state index in [1.54, 1.807) is 5.57 Å². The van der Waals surface area contributed by atoms with E-state index in [4.69, 9.17) is 0 Å². The van der Waals surface area contributed by atoms with Gasteiger partial charge < -0.3 is 5.11 Å². The fourth-order valence-corrected chi connectivity index (χ4v) is 10.8. The normalized spacial score (nSPS) is 48.3. The molecule has 1 saturated heterocycles. The SMILES string of the molecule is CC12C=CCCC1=CCC1C2CCC2(C)C(C(O)C3SCCCS3)CCC12. The minimum Gasteiger partial charge on any atom is -0.391 e.